The molecule has 26 heavy (non-hydrogen) atoms. The van der Waals surface area contributed by atoms with Crippen molar-refractivity contribution in [3.63, 3.8) is 0 Å². The number of rotatable bonds is 3. The molecule has 0 saturated heterocycles. The van der Waals surface area contributed by atoms with Crippen molar-refractivity contribution in [2.45, 2.75) is 13.1 Å². The summed E-state index contributed by atoms with van der Waals surface area (Å²) in [6.45, 7) is 2.10. The number of amides is 1. The second-order valence-electron chi connectivity index (χ2n) is 6.56. The highest BCUT2D eigenvalue weighted by atomic mass is 16.1. The summed E-state index contributed by atoms with van der Waals surface area (Å²) >= 11 is 0. The summed E-state index contributed by atoms with van der Waals surface area (Å²) in [7, 11) is 2.05. The first-order valence-electron chi connectivity index (χ1n) is 8.72. The van der Waals surface area contributed by atoms with Gasteiger partial charge in [0.25, 0.3) is 5.91 Å². The molecule has 0 aromatic heterocycles. The molecule has 0 radical (unpaired) electrons. The van der Waals surface area contributed by atoms with E-state index in [2.05, 4.69) is 41.6 Å². The smallest absolute Gasteiger partial charge is 0.255 e. The van der Waals surface area contributed by atoms with Crippen molar-refractivity contribution in [2.24, 2.45) is 0 Å². The van der Waals surface area contributed by atoms with Crippen molar-refractivity contribution in [1.82, 2.24) is 0 Å². The summed E-state index contributed by atoms with van der Waals surface area (Å²) in [5.41, 5.74) is 5.85. The Labute approximate surface area is 153 Å². The van der Waals surface area contributed by atoms with Crippen LogP contribution in [0.2, 0.25) is 0 Å². The van der Waals surface area contributed by atoms with Crippen LogP contribution >= 0.6 is 0 Å². The van der Waals surface area contributed by atoms with Gasteiger partial charge in [-0.3, -0.25) is 4.79 Å². The van der Waals surface area contributed by atoms with Crippen molar-refractivity contribution in [1.29, 1.82) is 0 Å². The summed E-state index contributed by atoms with van der Waals surface area (Å²) in [5, 5.41) is 6.38. The van der Waals surface area contributed by atoms with Gasteiger partial charge in [-0.1, -0.05) is 42.5 Å². The highest BCUT2D eigenvalue weighted by molar-refractivity contribution is 6.05. The Kier molecular flexibility index (Phi) is 4.09. The Morgan fingerprint density at radius 3 is 2.38 bits per heavy atom. The van der Waals surface area contributed by atoms with Gasteiger partial charge in [0.15, 0.2) is 0 Å². The van der Waals surface area contributed by atoms with E-state index in [4.69, 9.17) is 0 Å². The fourth-order valence-corrected chi connectivity index (χ4v) is 3.22. The third-order valence-electron chi connectivity index (χ3n) is 4.83. The molecule has 130 valence electrons. The number of anilines is 3. The van der Waals surface area contributed by atoms with Crippen LogP contribution in [0.15, 0.2) is 72.8 Å². The summed E-state index contributed by atoms with van der Waals surface area (Å²) < 4.78 is 0. The average molecular weight is 343 g/mol. The molecule has 0 bridgehead atoms. The molecular weight excluding hydrogens is 322 g/mol. The van der Waals surface area contributed by atoms with E-state index in [0.717, 1.165) is 28.2 Å². The lowest BCUT2D eigenvalue weighted by Gasteiger charge is -2.17. The molecule has 2 N–H and O–H groups in total. The molecule has 4 heteroatoms. The van der Waals surface area contributed by atoms with E-state index in [1.165, 1.54) is 0 Å². The van der Waals surface area contributed by atoms with Gasteiger partial charge in [-0.05, 0) is 48.4 Å². The zero-order valence-corrected chi connectivity index (χ0v) is 14.9. The third-order valence-corrected chi connectivity index (χ3v) is 4.83. The zero-order valence-electron chi connectivity index (χ0n) is 14.9. The van der Waals surface area contributed by atoms with Crippen LogP contribution < -0.4 is 15.5 Å². The molecular formula is C22H21N3O. The van der Waals surface area contributed by atoms with E-state index in [-0.39, 0.29) is 12.1 Å². The standard InChI is InChI=1S/C22H21N3O/c1-15-23-20-14-19(12-13-21(20)25(15)2)24-22(26)18-10-8-17(9-11-18)16-6-4-3-5-7-16/h3-15,23H,1-2H3,(H,24,26). The Balaban J connectivity index is 1.50. The molecule has 3 aromatic carbocycles. The van der Waals surface area contributed by atoms with Crippen molar-refractivity contribution >= 4 is 23.0 Å². The molecule has 1 unspecified atom stereocenters. The van der Waals surface area contributed by atoms with Gasteiger partial charge in [-0.15, -0.1) is 0 Å². The van der Waals surface area contributed by atoms with Crippen LogP contribution in [0.1, 0.15) is 17.3 Å². The largest absolute Gasteiger partial charge is 0.364 e. The quantitative estimate of drug-likeness (QED) is 0.717. The van der Waals surface area contributed by atoms with E-state index in [1.807, 2.05) is 60.7 Å². The zero-order chi connectivity index (χ0) is 18.1. The fraction of sp³-hybridized carbons (Fsp3) is 0.136. The van der Waals surface area contributed by atoms with E-state index in [0.29, 0.717) is 5.56 Å². The lowest BCUT2D eigenvalue weighted by Crippen LogP contribution is -2.28. The van der Waals surface area contributed by atoms with Gasteiger partial charge in [-0.25, -0.2) is 0 Å². The van der Waals surface area contributed by atoms with Crippen LogP contribution in [-0.2, 0) is 0 Å². The Morgan fingerprint density at radius 1 is 0.962 bits per heavy atom. The normalized spacial score (nSPS) is 15.3. The van der Waals surface area contributed by atoms with Crippen LogP contribution in [0.25, 0.3) is 11.1 Å². The Bertz CT molecular complexity index is 935. The summed E-state index contributed by atoms with van der Waals surface area (Å²) in [6, 6.07) is 23.8. The minimum atomic E-state index is -0.107. The lowest BCUT2D eigenvalue weighted by molar-refractivity contribution is 0.102. The minimum absolute atomic E-state index is 0.107. The molecule has 0 fully saturated rings. The van der Waals surface area contributed by atoms with Crippen LogP contribution in [0, 0.1) is 0 Å². The number of benzene rings is 3. The first-order chi connectivity index (χ1) is 12.6. The second-order valence-corrected chi connectivity index (χ2v) is 6.56. The van der Waals surface area contributed by atoms with E-state index in [1.54, 1.807) is 0 Å². The van der Waals surface area contributed by atoms with Gasteiger partial charge in [0.1, 0.15) is 0 Å². The minimum Gasteiger partial charge on any atom is -0.364 e. The maximum atomic E-state index is 12.5. The molecule has 1 amide bonds. The molecule has 1 aliphatic rings. The molecule has 4 rings (SSSR count). The van der Waals surface area contributed by atoms with Crippen LogP contribution in [0.3, 0.4) is 0 Å². The fourth-order valence-electron chi connectivity index (χ4n) is 3.22. The summed E-state index contributed by atoms with van der Waals surface area (Å²) in [4.78, 5) is 14.7. The number of carbonyl (C=O) groups is 1. The first-order valence-corrected chi connectivity index (χ1v) is 8.72. The van der Waals surface area contributed by atoms with Crippen LogP contribution in [-0.4, -0.2) is 19.1 Å². The highest BCUT2D eigenvalue weighted by Crippen LogP contribution is 2.35. The third kappa shape index (κ3) is 3.02. The summed E-state index contributed by atoms with van der Waals surface area (Å²) in [6.07, 6.45) is 0.251. The number of nitrogens with one attached hydrogen (secondary N) is 2. The number of nitrogens with zero attached hydrogens (tertiary/aromatic N) is 1. The SMILES string of the molecule is CC1Nc2cc(NC(=O)c3ccc(-c4ccccc4)cc3)ccc2N1C. The Hall–Kier alpha value is -3.27. The monoisotopic (exact) mass is 343 g/mol. The predicted molar refractivity (Wildman–Crippen MR) is 108 cm³/mol. The molecule has 0 spiro atoms. The number of fused-ring (bicyclic) bond motifs is 1. The predicted octanol–water partition coefficient (Wildman–Crippen LogP) is 4.81. The molecule has 3 aromatic rings. The molecule has 4 nitrogen and oxygen atoms in total. The van der Waals surface area contributed by atoms with E-state index < -0.39 is 0 Å². The van der Waals surface area contributed by atoms with Crippen molar-refractivity contribution in [3.8, 4) is 11.1 Å². The number of carbonyl (C=O) groups excluding carboxylic acids is 1. The maximum absolute atomic E-state index is 12.5. The molecule has 1 aliphatic heterocycles. The van der Waals surface area contributed by atoms with Gasteiger partial charge in [0, 0.05) is 18.3 Å². The summed E-state index contributed by atoms with van der Waals surface area (Å²) in [5.74, 6) is -0.107. The Morgan fingerprint density at radius 2 is 1.65 bits per heavy atom. The van der Waals surface area contributed by atoms with E-state index >= 15 is 0 Å². The van der Waals surface area contributed by atoms with Gasteiger partial charge in [0.2, 0.25) is 0 Å². The topological polar surface area (TPSA) is 44.4 Å². The van der Waals surface area contributed by atoms with E-state index in [9.17, 15) is 4.79 Å². The highest BCUT2D eigenvalue weighted by Gasteiger charge is 2.22. The average Bonchev–Trinajstić information content (AvgIpc) is 2.96. The van der Waals surface area contributed by atoms with Gasteiger partial charge in [-0.2, -0.15) is 0 Å². The first kappa shape index (κ1) is 16.2. The van der Waals surface area contributed by atoms with Crippen molar-refractivity contribution < 1.29 is 4.79 Å². The maximum Gasteiger partial charge on any atom is 0.255 e. The van der Waals surface area contributed by atoms with Crippen LogP contribution in [0.5, 0.6) is 0 Å². The van der Waals surface area contributed by atoms with Gasteiger partial charge in [0.05, 0.1) is 17.5 Å². The van der Waals surface area contributed by atoms with Crippen molar-refractivity contribution in [3.05, 3.63) is 78.4 Å². The molecule has 0 saturated carbocycles. The molecule has 1 heterocycles. The molecule has 0 aliphatic carbocycles. The van der Waals surface area contributed by atoms with Gasteiger partial charge < -0.3 is 15.5 Å². The molecule has 1 atom stereocenters. The lowest BCUT2D eigenvalue weighted by atomic mass is 10.0. The van der Waals surface area contributed by atoms with Gasteiger partial charge >= 0.3 is 0 Å². The van der Waals surface area contributed by atoms with Crippen LogP contribution in [0.4, 0.5) is 17.1 Å². The van der Waals surface area contributed by atoms with Crippen molar-refractivity contribution in [2.75, 3.05) is 22.6 Å². The number of hydrogen-bond acceptors (Lipinski definition) is 3. The second kappa shape index (κ2) is 6.56. The number of hydrogen-bond donors (Lipinski definition) is 2.